The third-order valence-corrected chi connectivity index (χ3v) is 4.07. The van der Waals surface area contributed by atoms with Crippen LogP contribution in [0.3, 0.4) is 0 Å². The van der Waals surface area contributed by atoms with Gasteiger partial charge in [-0.25, -0.2) is 0 Å². The summed E-state index contributed by atoms with van der Waals surface area (Å²) in [7, 11) is 1.52. The number of anilines is 1. The number of nitrogens with zero attached hydrogens (tertiary/aromatic N) is 2. The van der Waals surface area contributed by atoms with Gasteiger partial charge in [-0.3, -0.25) is 14.9 Å². The standard InChI is InChI=1S/C12H19N3O4S/c1-4-5-14(7-11(17)13-3)12-9(15(18)19)6-10(20-12)8(2)16/h6,8,16H,4-5,7H2,1-3H3,(H,13,17)/t8-/m0/s1. The number of rotatable bonds is 7. The smallest absolute Gasteiger partial charge is 0.304 e. The van der Waals surface area contributed by atoms with Gasteiger partial charge in [-0.1, -0.05) is 6.92 Å². The van der Waals surface area contributed by atoms with E-state index >= 15 is 0 Å². The number of nitrogens with one attached hydrogen (secondary N) is 1. The highest BCUT2D eigenvalue weighted by molar-refractivity contribution is 7.16. The average molecular weight is 301 g/mol. The summed E-state index contributed by atoms with van der Waals surface area (Å²) in [6.07, 6.45) is -0.00768. The summed E-state index contributed by atoms with van der Waals surface area (Å²) in [6, 6.07) is 1.37. The lowest BCUT2D eigenvalue weighted by Gasteiger charge is -2.20. The second-order valence-corrected chi connectivity index (χ2v) is 5.43. The molecule has 8 heteroatoms. The van der Waals surface area contributed by atoms with Crippen molar-refractivity contribution in [2.45, 2.75) is 26.4 Å². The first-order valence-corrected chi connectivity index (χ1v) is 7.14. The maximum absolute atomic E-state index is 11.5. The minimum atomic E-state index is -0.768. The first-order chi connectivity index (χ1) is 9.40. The number of aliphatic hydroxyl groups is 1. The summed E-state index contributed by atoms with van der Waals surface area (Å²) in [5.41, 5.74) is -0.0664. The Hall–Kier alpha value is -1.67. The first-order valence-electron chi connectivity index (χ1n) is 6.32. The molecule has 1 heterocycles. The van der Waals surface area contributed by atoms with Gasteiger partial charge in [0.05, 0.1) is 17.6 Å². The molecule has 0 saturated carbocycles. The van der Waals surface area contributed by atoms with Crippen LogP contribution in [0.25, 0.3) is 0 Å². The van der Waals surface area contributed by atoms with E-state index < -0.39 is 11.0 Å². The van der Waals surface area contributed by atoms with Gasteiger partial charge in [0.15, 0.2) is 5.00 Å². The number of thiophene rings is 1. The van der Waals surface area contributed by atoms with Crippen LogP contribution in [0.1, 0.15) is 31.2 Å². The largest absolute Gasteiger partial charge is 0.388 e. The van der Waals surface area contributed by atoms with Crippen LogP contribution in [0.15, 0.2) is 6.07 Å². The summed E-state index contributed by atoms with van der Waals surface area (Å²) in [5, 5.41) is 23.6. The van der Waals surface area contributed by atoms with E-state index in [2.05, 4.69) is 5.32 Å². The fourth-order valence-corrected chi connectivity index (χ4v) is 2.82. The van der Waals surface area contributed by atoms with E-state index in [4.69, 9.17) is 0 Å². The highest BCUT2D eigenvalue weighted by Crippen LogP contribution is 2.40. The van der Waals surface area contributed by atoms with Gasteiger partial charge in [0.2, 0.25) is 5.91 Å². The SMILES string of the molecule is CCCN(CC(=O)NC)c1sc([C@H](C)O)cc1[N+](=O)[O-]. The van der Waals surface area contributed by atoms with Crippen LogP contribution in [0.5, 0.6) is 0 Å². The second-order valence-electron chi connectivity index (χ2n) is 4.37. The second kappa shape index (κ2) is 7.20. The van der Waals surface area contributed by atoms with Crippen LogP contribution in [-0.4, -0.2) is 36.1 Å². The Bertz CT molecular complexity index is 487. The summed E-state index contributed by atoms with van der Waals surface area (Å²) in [5.74, 6) is -0.209. The Labute approximate surface area is 121 Å². The van der Waals surface area contributed by atoms with Gasteiger partial charge in [-0.05, 0) is 13.3 Å². The third-order valence-electron chi connectivity index (χ3n) is 2.72. The maximum atomic E-state index is 11.5. The summed E-state index contributed by atoms with van der Waals surface area (Å²) in [4.78, 5) is 24.4. The molecular formula is C12H19N3O4S. The van der Waals surface area contributed by atoms with E-state index in [-0.39, 0.29) is 18.1 Å². The zero-order chi connectivity index (χ0) is 15.3. The number of hydrogen-bond acceptors (Lipinski definition) is 6. The molecule has 0 aliphatic heterocycles. The van der Waals surface area contributed by atoms with Crippen molar-refractivity contribution in [3.8, 4) is 0 Å². The van der Waals surface area contributed by atoms with Crippen molar-refractivity contribution in [1.82, 2.24) is 5.32 Å². The number of aliphatic hydroxyl groups excluding tert-OH is 1. The Morgan fingerprint density at radius 2 is 2.30 bits per heavy atom. The minimum absolute atomic E-state index is 0.0605. The molecule has 20 heavy (non-hydrogen) atoms. The molecule has 1 aromatic rings. The van der Waals surface area contributed by atoms with E-state index in [0.29, 0.717) is 16.4 Å². The molecule has 7 nitrogen and oxygen atoms in total. The molecule has 2 N–H and O–H groups in total. The van der Waals surface area contributed by atoms with Gasteiger partial charge in [-0.15, -0.1) is 11.3 Å². The molecule has 0 unspecified atom stereocenters. The highest BCUT2D eigenvalue weighted by Gasteiger charge is 2.26. The van der Waals surface area contributed by atoms with Crippen LogP contribution < -0.4 is 10.2 Å². The van der Waals surface area contributed by atoms with Gasteiger partial charge >= 0.3 is 5.69 Å². The van der Waals surface area contributed by atoms with Gasteiger partial charge in [0.1, 0.15) is 0 Å². The third kappa shape index (κ3) is 3.91. The van der Waals surface area contributed by atoms with Crippen molar-refractivity contribution in [1.29, 1.82) is 0 Å². The maximum Gasteiger partial charge on any atom is 0.304 e. The zero-order valence-electron chi connectivity index (χ0n) is 11.8. The van der Waals surface area contributed by atoms with Crippen LogP contribution >= 0.6 is 11.3 Å². The molecule has 1 aromatic heterocycles. The van der Waals surface area contributed by atoms with Crippen molar-refractivity contribution < 1.29 is 14.8 Å². The summed E-state index contributed by atoms with van der Waals surface area (Å²) in [6.45, 7) is 4.09. The fraction of sp³-hybridized carbons (Fsp3) is 0.583. The van der Waals surface area contributed by atoms with Crippen molar-refractivity contribution in [3.05, 3.63) is 21.1 Å². The molecule has 0 radical (unpaired) electrons. The van der Waals surface area contributed by atoms with Crippen molar-refractivity contribution >= 4 is 27.9 Å². The average Bonchev–Trinajstić information content (AvgIpc) is 2.83. The number of likely N-dealkylation sites (N-methyl/N-ethyl adjacent to an activating group) is 1. The Balaban J connectivity index is 3.16. The molecule has 0 fully saturated rings. The number of hydrogen-bond donors (Lipinski definition) is 2. The van der Waals surface area contributed by atoms with Gasteiger partial charge < -0.3 is 15.3 Å². The Morgan fingerprint density at radius 3 is 2.75 bits per heavy atom. The zero-order valence-corrected chi connectivity index (χ0v) is 12.6. The molecular weight excluding hydrogens is 282 g/mol. The highest BCUT2D eigenvalue weighted by atomic mass is 32.1. The van der Waals surface area contributed by atoms with E-state index in [1.807, 2.05) is 6.92 Å². The monoisotopic (exact) mass is 301 g/mol. The van der Waals surface area contributed by atoms with Gasteiger partial charge in [-0.2, -0.15) is 0 Å². The molecule has 0 aromatic carbocycles. The van der Waals surface area contributed by atoms with E-state index in [9.17, 15) is 20.0 Å². The van der Waals surface area contributed by atoms with E-state index in [1.54, 1.807) is 11.8 Å². The van der Waals surface area contributed by atoms with Crippen LogP contribution in [-0.2, 0) is 4.79 Å². The molecule has 1 atom stereocenters. The minimum Gasteiger partial charge on any atom is -0.388 e. The lowest BCUT2D eigenvalue weighted by molar-refractivity contribution is -0.383. The van der Waals surface area contributed by atoms with E-state index in [1.165, 1.54) is 13.1 Å². The quantitative estimate of drug-likeness (QED) is 0.590. The molecule has 0 spiro atoms. The molecule has 1 amide bonds. The lowest BCUT2D eigenvalue weighted by atomic mass is 10.3. The number of nitro groups is 1. The first kappa shape index (κ1) is 16.4. The van der Waals surface area contributed by atoms with Crippen LogP contribution in [0.4, 0.5) is 10.7 Å². The number of amides is 1. The van der Waals surface area contributed by atoms with Gasteiger partial charge in [0, 0.05) is 24.5 Å². The lowest BCUT2D eigenvalue weighted by Crippen LogP contribution is -2.36. The van der Waals surface area contributed by atoms with Crippen molar-refractivity contribution in [2.24, 2.45) is 0 Å². The number of carbonyl (C=O) groups is 1. The Morgan fingerprint density at radius 1 is 1.65 bits per heavy atom. The van der Waals surface area contributed by atoms with Crippen molar-refractivity contribution in [3.63, 3.8) is 0 Å². The normalized spacial score (nSPS) is 12.0. The molecule has 1 rings (SSSR count). The molecule has 112 valence electrons. The fourth-order valence-electron chi connectivity index (χ4n) is 1.73. The molecule has 0 bridgehead atoms. The van der Waals surface area contributed by atoms with Gasteiger partial charge in [0.25, 0.3) is 0 Å². The summed E-state index contributed by atoms with van der Waals surface area (Å²) >= 11 is 1.15. The summed E-state index contributed by atoms with van der Waals surface area (Å²) < 4.78 is 0. The van der Waals surface area contributed by atoms with Crippen LogP contribution in [0.2, 0.25) is 0 Å². The predicted molar refractivity (Wildman–Crippen MR) is 78.2 cm³/mol. The van der Waals surface area contributed by atoms with Crippen LogP contribution in [0, 0.1) is 10.1 Å². The topological polar surface area (TPSA) is 95.7 Å². The van der Waals surface area contributed by atoms with E-state index in [0.717, 1.165) is 17.8 Å². The molecule has 0 saturated heterocycles. The van der Waals surface area contributed by atoms with Crippen molar-refractivity contribution in [2.75, 3.05) is 25.0 Å². The molecule has 0 aliphatic rings. The predicted octanol–water partition coefficient (Wildman–Crippen LogP) is 1.67. The number of carbonyl (C=O) groups excluding carboxylic acids is 1. The molecule has 0 aliphatic carbocycles. The Kier molecular flexibility index (Phi) is 5.90.